The third-order valence-corrected chi connectivity index (χ3v) is 3.13. The van der Waals surface area contributed by atoms with Gasteiger partial charge >= 0.3 is 0 Å². The molecule has 1 aromatic heterocycles. The number of hydrogen-bond donors (Lipinski definition) is 0. The molecule has 0 atom stereocenters. The molecule has 2 rings (SSSR count). The van der Waals surface area contributed by atoms with Crippen LogP contribution in [0.3, 0.4) is 0 Å². The summed E-state index contributed by atoms with van der Waals surface area (Å²) in [5.74, 6) is -0.359. The number of nitriles is 1. The van der Waals surface area contributed by atoms with Crippen LogP contribution in [0.25, 0.3) is 10.6 Å². The first-order valence-electron chi connectivity index (χ1n) is 4.47. The Kier molecular flexibility index (Phi) is 3.18. The van der Waals surface area contributed by atoms with Gasteiger partial charge in [0.15, 0.2) is 0 Å². The van der Waals surface area contributed by atoms with Crippen molar-refractivity contribution >= 4 is 22.9 Å². The van der Waals surface area contributed by atoms with Crippen LogP contribution in [0.2, 0.25) is 5.02 Å². The van der Waals surface area contributed by atoms with E-state index >= 15 is 0 Å². The third-order valence-electron chi connectivity index (χ3n) is 1.97. The Balaban J connectivity index is 2.42. The number of nitrogens with zero attached hydrogens (tertiary/aromatic N) is 2. The summed E-state index contributed by atoms with van der Waals surface area (Å²) in [6.07, 6.45) is 0.235. The molecule has 16 heavy (non-hydrogen) atoms. The zero-order valence-corrected chi connectivity index (χ0v) is 9.65. The van der Waals surface area contributed by atoms with Crippen molar-refractivity contribution in [1.29, 1.82) is 5.26 Å². The van der Waals surface area contributed by atoms with Gasteiger partial charge in [-0.25, -0.2) is 9.37 Å². The van der Waals surface area contributed by atoms with Crippen molar-refractivity contribution in [2.45, 2.75) is 6.42 Å². The van der Waals surface area contributed by atoms with Crippen molar-refractivity contribution in [2.75, 3.05) is 0 Å². The topological polar surface area (TPSA) is 36.7 Å². The second kappa shape index (κ2) is 4.60. The Bertz CT molecular complexity index is 559. The minimum absolute atomic E-state index is 0.235. The second-order valence-corrected chi connectivity index (χ2v) is 4.40. The molecule has 0 spiro atoms. The van der Waals surface area contributed by atoms with Crippen LogP contribution in [0.1, 0.15) is 5.69 Å². The highest BCUT2D eigenvalue weighted by Crippen LogP contribution is 2.28. The van der Waals surface area contributed by atoms with Gasteiger partial charge in [-0.3, -0.25) is 0 Å². The van der Waals surface area contributed by atoms with Crippen molar-refractivity contribution in [1.82, 2.24) is 4.98 Å². The summed E-state index contributed by atoms with van der Waals surface area (Å²) in [7, 11) is 0. The second-order valence-electron chi connectivity index (χ2n) is 3.10. The van der Waals surface area contributed by atoms with Crippen LogP contribution in [-0.2, 0) is 6.42 Å². The number of halogens is 2. The normalized spacial score (nSPS) is 10.1. The van der Waals surface area contributed by atoms with Gasteiger partial charge in [0.2, 0.25) is 0 Å². The maximum atomic E-state index is 13.5. The standard InChI is InChI=1S/C11H6ClFN2S/c12-7-1-2-10(13)9(5-7)11-15-8(3-4-14)6-16-11/h1-2,5-6H,3H2. The van der Waals surface area contributed by atoms with Crippen molar-refractivity contribution in [3.63, 3.8) is 0 Å². The number of rotatable bonds is 2. The van der Waals surface area contributed by atoms with E-state index in [9.17, 15) is 4.39 Å². The molecule has 0 bridgehead atoms. The van der Waals surface area contributed by atoms with Crippen LogP contribution >= 0.6 is 22.9 Å². The van der Waals surface area contributed by atoms with Crippen molar-refractivity contribution in [2.24, 2.45) is 0 Å². The lowest BCUT2D eigenvalue weighted by atomic mass is 10.2. The zero-order valence-electron chi connectivity index (χ0n) is 8.08. The van der Waals surface area contributed by atoms with E-state index in [4.69, 9.17) is 16.9 Å². The van der Waals surface area contributed by atoms with Crippen LogP contribution < -0.4 is 0 Å². The van der Waals surface area contributed by atoms with Crippen LogP contribution in [0.15, 0.2) is 23.6 Å². The quantitative estimate of drug-likeness (QED) is 0.818. The third kappa shape index (κ3) is 2.21. The molecule has 0 aliphatic carbocycles. The first kappa shape index (κ1) is 11.1. The highest BCUT2D eigenvalue weighted by Gasteiger charge is 2.10. The highest BCUT2D eigenvalue weighted by molar-refractivity contribution is 7.13. The van der Waals surface area contributed by atoms with Crippen molar-refractivity contribution in [3.05, 3.63) is 40.1 Å². The van der Waals surface area contributed by atoms with Gasteiger partial charge in [0, 0.05) is 16.0 Å². The maximum absolute atomic E-state index is 13.5. The summed E-state index contributed by atoms with van der Waals surface area (Å²) in [4.78, 5) is 4.17. The Labute approximate surface area is 101 Å². The zero-order chi connectivity index (χ0) is 11.5. The molecule has 0 saturated heterocycles. The molecular formula is C11H6ClFN2S. The first-order chi connectivity index (χ1) is 7.70. The van der Waals surface area contributed by atoms with Gasteiger partial charge in [0.05, 0.1) is 18.2 Å². The SMILES string of the molecule is N#CCc1csc(-c2cc(Cl)ccc2F)n1. The summed E-state index contributed by atoms with van der Waals surface area (Å²) >= 11 is 7.10. The lowest BCUT2D eigenvalue weighted by Crippen LogP contribution is -1.85. The number of thiazole rings is 1. The highest BCUT2D eigenvalue weighted by atomic mass is 35.5. The van der Waals surface area contributed by atoms with E-state index in [1.54, 1.807) is 5.38 Å². The Hall–Kier alpha value is -1.44. The fourth-order valence-corrected chi connectivity index (χ4v) is 2.26. The molecule has 0 unspecified atom stereocenters. The predicted octanol–water partition coefficient (Wildman–Crippen LogP) is 3.67. The molecule has 80 valence electrons. The van der Waals surface area contributed by atoms with E-state index < -0.39 is 0 Å². The van der Waals surface area contributed by atoms with Gasteiger partial charge in [-0.2, -0.15) is 5.26 Å². The van der Waals surface area contributed by atoms with Crippen LogP contribution in [0.4, 0.5) is 4.39 Å². The first-order valence-corrected chi connectivity index (χ1v) is 5.73. The summed E-state index contributed by atoms with van der Waals surface area (Å²) in [5.41, 5.74) is 1.03. The molecular weight excluding hydrogens is 247 g/mol. The Morgan fingerprint density at radius 3 is 3.06 bits per heavy atom. The number of benzene rings is 1. The minimum Gasteiger partial charge on any atom is -0.240 e. The van der Waals surface area contributed by atoms with E-state index in [1.165, 1.54) is 29.5 Å². The van der Waals surface area contributed by atoms with Crippen LogP contribution in [0.5, 0.6) is 0 Å². The Morgan fingerprint density at radius 2 is 2.31 bits per heavy atom. The summed E-state index contributed by atoms with van der Waals surface area (Å²) in [6.45, 7) is 0. The van der Waals surface area contributed by atoms with E-state index in [-0.39, 0.29) is 12.2 Å². The molecule has 0 saturated carbocycles. The van der Waals surface area contributed by atoms with Gasteiger partial charge in [0.1, 0.15) is 10.8 Å². The van der Waals surface area contributed by atoms with E-state index in [0.29, 0.717) is 21.3 Å². The summed E-state index contributed by atoms with van der Waals surface area (Å²) in [6, 6.07) is 6.33. The lowest BCUT2D eigenvalue weighted by Gasteiger charge is -1.99. The molecule has 0 fully saturated rings. The van der Waals surface area contributed by atoms with Gasteiger partial charge in [-0.15, -0.1) is 11.3 Å². The van der Waals surface area contributed by atoms with E-state index in [2.05, 4.69) is 4.98 Å². The molecule has 0 radical (unpaired) electrons. The van der Waals surface area contributed by atoms with Crippen LogP contribution in [0, 0.1) is 17.1 Å². The van der Waals surface area contributed by atoms with Crippen LogP contribution in [-0.4, -0.2) is 4.98 Å². The molecule has 0 amide bonds. The molecule has 5 heteroatoms. The summed E-state index contributed by atoms with van der Waals surface area (Å²) in [5, 5.41) is 11.3. The average Bonchev–Trinajstić information content (AvgIpc) is 2.71. The molecule has 2 aromatic rings. The van der Waals surface area contributed by atoms with Gasteiger partial charge in [0.25, 0.3) is 0 Å². The lowest BCUT2D eigenvalue weighted by molar-refractivity contribution is 0.631. The minimum atomic E-state index is -0.359. The molecule has 0 N–H and O–H groups in total. The molecule has 1 heterocycles. The number of hydrogen-bond acceptors (Lipinski definition) is 3. The fraction of sp³-hybridized carbons (Fsp3) is 0.0909. The van der Waals surface area contributed by atoms with E-state index in [1.807, 2.05) is 6.07 Å². The smallest absolute Gasteiger partial charge is 0.133 e. The maximum Gasteiger partial charge on any atom is 0.133 e. The van der Waals surface area contributed by atoms with E-state index in [0.717, 1.165) is 0 Å². The Morgan fingerprint density at radius 1 is 1.50 bits per heavy atom. The molecule has 0 aliphatic rings. The molecule has 1 aromatic carbocycles. The summed E-state index contributed by atoms with van der Waals surface area (Å²) < 4.78 is 13.5. The van der Waals surface area contributed by atoms with Gasteiger partial charge in [-0.1, -0.05) is 11.6 Å². The monoisotopic (exact) mass is 252 g/mol. The number of aromatic nitrogens is 1. The predicted molar refractivity (Wildman–Crippen MR) is 61.8 cm³/mol. The average molecular weight is 253 g/mol. The van der Waals surface area contributed by atoms with Gasteiger partial charge < -0.3 is 0 Å². The molecule has 0 aliphatic heterocycles. The largest absolute Gasteiger partial charge is 0.240 e. The van der Waals surface area contributed by atoms with Crippen molar-refractivity contribution in [3.8, 4) is 16.6 Å². The van der Waals surface area contributed by atoms with Gasteiger partial charge in [-0.05, 0) is 18.2 Å². The van der Waals surface area contributed by atoms with Crippen molar-refractivity contribution < 1.29 is 4.39 Å². The fourth-order valence-electron chi connectivity index (χ4n) is 1.25. The molecule has 2 nitrogen and oxygen atoms in total.